The summed E-state index contributed by atoms with van der Waals surface area (Å²) in [6, 6.07) is 10.4. The lowest BCUT2D eigenvalue weighted by Crippen LogP contribution is -2.60. The first-order chi connectivity index (χ1) is 13.5. The number of hydrogen-bond donors (Lipinski definition) is 1. The molecule has 2 aliphatic heterocycles. The number of nitrogens with zero attached hydrogens (tertiary/aromatic N) is 2. The molecule has 1 aromatic carbocycles. The molecule has 2 heterocycles. The monoisotopic (exact) mass is 386 g/mol. The number of carbonyl (C=O) groups excluding carboxylic acids is 1. The summed E-state index contributed by atoms with van der Waals surface area (Å²) in [7, 11) is 0. The van der Waals surface area contributed by atoms with Crippen molar-refractivity contribution in [3.05, 3.63) is 35.9 Å². The summed E-state index contributed by atoms with van der Waals surface area (Å²) < 4.78 is 5.78. The average molecular weight is 387 g/mol. The Bertz CT molecular complexity index is 672. The van der Waals surface area contributed by atoms with Crippen molar-refractivity contribution < 1.29 is 14.6 Å². The lowest BCUT2D eigenvalue weighted by Gasteiger charge is -2.52. The highest BCUT2D eigenvalue weighted by Gasteiger charge is 2.49. The molecular weight excluding hydrogens is 352 g/mol. The molecule has 0 spiro atoms. The van der Waals surface area contributed by atoms with Gasteiger partial charge < -0.3 is 14.7 Å². The van der Waals surface area contributed by atoms with Crippen molar-refractivity contribution in [1.82, 2.24) is 9.80 Å². The number of piperidine rings is 1. The van der Waals surface area contributed by atoms with Crippen LogP contribution in [0.1, 0.15) is 51.5 Å². The number of amides is 1. The van der Waals surface area contributed by atoms with E-state index < -0.39 is 5.60 Å². The smallest absolute Gasteiger partial charge is 0.236 e. The van der Waals surface area contributed by atoms with Gasteiger partial charge in [-0.25, -0.2) is 0 Å². The van der Waals surface area contributed by atoms with Gasteiger partial charge in [0.25, 0.3) is 0 Å². The average Bonchev–Trinajstić information content (AvgIpc) is 2.70. The summed E-state index contributed by atoms with van der Waals surface area (Å²) in [5.74, 6) is 0.407. The summed E-state index contributed by atoms with van der Waals surface area (Å²) in [4.78, 5) is 17.4. The van der Waals surface area contributed by atoms with E-state index in [1.54, 1.807) is 0 Å². The van der Waals surface area contributed by atoms with Gasteiger partial charge in [0.05, 0.1) is 24.4 Å². The van der Waals surface area contributed by atoms with Gasteiger partial charge in [-0.1, -0.05) is 43.2 Å². The molecule has 3 aliphatic rings. The molecule has 3 fully saturated rings. The molecule has 1 aromatic rings. The Hall–Kier alpha value is -1.43. The molecule has 1 N–H and O–H groups in total. The van der Waals surface area contributed by atoms with Gasteiger partial charge in [0.1, 0.15) is 0 Å². The van der Waals surface area contributed by atoms with Crippen LogP contribution in [0.15, 0.2) is 30.3 Å². The van der Waals surface area contributed by atoms with Crippen LogP contribution in [0.2, 0.25) is 0 Å². The summed E-state index contributed by atoms with van der Waals surface area (Å²) >= 11 is 0. The zero-order valence-electron chi connectivity index (χ0n) is 17.2. The molecule has 5 nitrogen and oxygen atoms in total. The molecule has 2 saturated heterocycles. The van der Waals surface area contributed by atoms with Gasteiger partial charge in [-0.15, -0.1) is 0 Å². The number of carbonyl (C=O) groups is 1. The molecule has 4 rings (SSSR count). The highest BCUT2D eigenvalue weighted by molar-refractivity contribution is 5.78. The second-order valence-corrected chi connectivity index (χ2v) is 9.03. The van der Waals surface area contributed by atoms with E-state index in [4.69, 9.17) is 4.74 Å². The summed E-state index contributed by atoms with van der Waals surface area (Å²) in [5, 5.41) is 11.7. The quantitative estimate of drug-likeness (QED) is 0.868. The molecule has 0 bridgehead atoms. The van der Waals surface area contributed by atoms with Crippen molar-refractivity contribution in [2.45, 2.75) is 69.8 Å². The highest BCUT2D eigenvalue weighted by atomic mass is 16.5. The first-order valence-corrected chi connectivity index (χ1v) is 10.9. The summed E-state index contributed by atoms with van der Waals surface area (Å²) in [5.41, 5.74) is 0.266. The standard InChI is InChI=1S/C23H34N2O3/c1-17-14-25(15-18(2)28-17)22(26)16-24-13-12-23(27,19-8-4-3-5-9-19)20-10-6-7-11-21(20)24/h3-5,8-9,17-18,20-21,27H,6-7,10-16H2,1-2H3/t17-,18+,20-,21+,23+/m1/s1. The first-order valence-electron chi connectivity index (χ1n) is 10.9. The Balaban J connectivity index is 1.49. The van der Waals surface area contributed by atoms with Crippen LogP contribution in [0.4, 0.5) is 0 Å². The predicted octanol–water partition coefficient (Wildman–Crippen LogP) is 2.77. The zero-order valence-corrected chi connectivity index (χ0v) is 17.2. The first kappa shape index (κ1) is 19.9. The maximum Gasteiger partial charge on any atom is 0.236 e. The van der Waals surface area contributed by atoms with E-state index >= 15 is 0 Å². The number of benzene rings is 1. The molecule has 1 saturated carbocycles. The summed E-state index contributed by atoms with van der Waals surface area (Å²) in [6.07, 6.45) is 5.34. The number of morpholine rings is 1. The van der Waals surface area contributed by atoms with Crippen molar-refractivity contribution in [3.63, 3.8) is 0 Å². The van der Waals surface area contributed by atoms with E-state index in [1.807, 2.05) is 36.9 Å². The third-order valence-electron chi connectivity index (χ3n) is 6.98. The van der Waals surface area contributed by atoms with Crippen LogP contribution in [-0.2, 0) is 15.1 Å². The van der Waals surface area contributed by atoms with E-state index in [1.165, 1.54) is 6.42 Å². The minimum atomic E-state index is -0.770. The van der Waals surface area contributed by atoms with E-state index in [0.29, 0.717) is 26.1 Å². The van der Waals surface area contributed by atoms with E-state index in [0.717, 1.165) is 31.4 Å². The van der Waals surface area contributed by atoms with Crippen LogP contribution in [0.25, 0.3) is 0 Å². The fraction of sp³-hybridized carbons (Fsp3) is 0.696. The second-order valence-electron chi connectivity index (χ2n) is 9.03. The van der Waals surface area contributed by atoms with Gasteiger partial charge in [0, 0.05) is 31.6 Å². The molecule has 5 heteroatoms. The molecule has 1 aliphatic carbocycles. The van der Waals surface area contributed by atoms with Crippen LogP contribution >= 0.6 is 0 Å². The van der Waals surface area contributed by atoms with Crippen molar-refractivity contribution in [2.24, 2.45) is 5.92 Å². The number of hydrogen-bond acceptors (Lipinski definition) is 4. The van der Waals surface area contributed by atoms with Crippen LogP contribution < -0.4 is 0 Å². The molecular formula is C23H34N2O3. The molecule has 0 unspecified atom stereocenters. The van der Waals surface area contributed by atoms with Crippen LogP contribution in [0.5, 0.6) is 0 Å². The Labute approximate surface area is 168 Å². The van der Waals surface area contributed by atoms with Crippen LogP contribution in [0.3, 0.4) is 0 Å². The third-order valence-corrected chi connectivity index (χ3v) is 6.98. The SMILES string of the molecule is C[C@@H]1CN(C(=O)CN2CC[C@](O)(c3ccccc3)[C@@H]3CCCC[C@@H]32)C[C@H](C)O1. The number of aliphatic hydroxyl groups is 1. The second kappa shape index (κ2) is 8.13. The van der Waals surface area contributed by atoms with E-state index in [9.17, 15) is 9.90 Å². The third kappa shape index (κ3) is 3.85. The van der Waals surface area contributed by atoms with Crippen molar-refractivity contribution in [2.75, 3.05) is 26.2 Å². The molecule has 154 valence electrons. The van der Waals surface area contributed by atoms with Crippen molar-refractivity contribution in [3.8, 4) is 0 Å². The van der Waals surface area contributed by atoms with Crippen LogP contribution in [0, 0.1) is 5.92 Å². The topological polar surface area (TPSA) is 53.0 Å². The molecule has 28 heavy (non-hydrogen) atoms. The van der Waals surface area contributed by atoms with E-state index in [2.05, 4.69) is 17.0 Å². The largest absolute Gasteiger partial charge is 0.385 e. The van der Waals surface area contributed by atoms with E-state index in [-0.39, 0.29) is 30.1 Å². The minimum absolute atomic E-state index is 0.0969. The maximum atomic E-state index is 13.0. The zero-order chi connectivity index (χ0) is 19.7. The fourth-order valence-electron chi connectivity index (χ4n) is 5.71. The predicted molar refractivity (Wildman–Crippen MR) is 109 cm³/mol. The Kier molecular flexibility index (Phi) is 5.77. The highest BCUT2D eigenvalue weighted by Crippen LogP contribution is 2.46. The van der Waals surface area contributed by atoms with Gasteiger partial charge in [-0.2, -0.15) is 0 Å². The number of ether oxygens (including phenoxy) is 1. The maximum absolute atomic E-state index is 13.0. The molecule has 5 atom stereocenters. The van der Waals surface area contributed by atoms with Gasteiger partial charge in [0.2, 0.25) is 5.91 Å². The number of fused-ring (bicyclic) bond motifs is 1. The summed E-state index contributed by atoms with van der Waals surface area (Å²) in [6.45, 7) is 6.67. The lowest BCUT2D eigenvalue weighted by atomic mass is 9.66. The van der Waals surface area contributed by atoms with Crippen molar-refractivity contribution in [1.29, 1.82) is 0 Å². The Morgan fingerprint density at radius 3 is 2.54 bits per heavy atom. The lowest BCUT2D eigenvalue weighted by molar-refractivity contribution is -0.152. The van der Waals surface area contributed by atoms with Gasteiger partial charge in [-0.3, -0.25) is 9.69 Å². The van der Waals surface area contributed by atoms with Gasteiger partial charge in [-0.05, 0) is 38.7 Å². The molecule has 1 amide bonds. The normalized spacial score (nSPS) is 36.8. The number of likely N-dealkylation sites (tertiary alicyclic amines) is 1. The van der Waals surface area contributed by atoms with Crippen LogP contribution in [-0.4, -0.2) is 65.2 Å². The molecule has 0 radical (unpaired) electrons. The van der Waals surface area contributed by atoms with Crippen molar-refractivity contribution >= 4 is 5.91 Å². The Morgan fingerprint density at radius 1 is 1.14 bits per heavy atom. The number of rotatable bonds is 3. The fourth-order valence-corrected chi connectivity index (χ4v) is 5.71. The van der Waals surface area contributed by atoms with Gasteiger partial charge >= 0.3 is 0 Å². The van der Waals surface area contributed by atoms with Gasteiger partial charge in [0.15, 0.2) is 0 Å². The Morgan fingerprint density at radius 2 is 1.82 bits per heavy atom. The molecule has 0 aromatic heterocycles. The minimum Gasteiger partial charge on any atom is -0.385 e.